The van der Waals surface area contributed by atoms with Gasteiger partial charge in [-0.2, -0.15) is 0 Å². The topological polar surface area (TPSA) is 75.7 Å². The number of rotatable bonds is 6. The Morgan fingerprint density at radius 1 is 1.22 bits per heavy atom. The van der Waals surface area contributed by atoms with Crippen molar-refractivity contribution < 1.29 is 17.9 Å². The normalized spacial score (nSPS) is 16.1. The molecular weight excluding hydrogens is 364 g/mol. The lowest BCUT2D eigenvalue weighted by atomic mass is 10.1. The molecule has 0 saturated heterocycles. The molecule has 1 atom stereocenters. The summed E-state index contributed by atoms with van der Waals surface area (Å²) in [6, 6.07) is 12.3. The molecule has 0 saturated carbocycles. The van der Waals surface area contributed by atoms with Gasteiger partial charge in [0.2, 0.25) is 10.0 Å². The average molecular weight is 388 g/mol. The number of carbonyl (C=O) groups excluding carboxylic acids is 1. The van der Waals surface area contributed by atoms with E-state index in [2.05, 4.69) is 5.32 Å². The van der Waals surface area contributed by atoms with Gasteiger partial charge in [-0.3, -0.25) is 9.10 Å². The summed E-state index contributed by atoms with van der Waals surface area (Å²) in [6.07, 6.45) is 0.589. The maximum Gasteiger partial charge on any atom is 0.255 e. The van der Waals surface area contributed by atoms with Gasteiger partial charge in [-0.15, -0.1) is 0 Å². The molecule has 0 aliphatic carbocycles. The zero-order valence-electron chi connectivity index (χ0n) is 15.7. The van der Waals surface area contributed by atoms with Crippen LogP contribution in [0.25, 0.3) is 0 Å². The highest BCUT2D eigenvalue weighted by Gasteiger charge is 2.34. The molecule has 0 fully saturated rings. The molecule has 7 heteroatoms. The third-order valence-electron chi connectivity index (χ3n) is 4.59. The van der Waals surface area contributed by atoms with Crippen LogP contribution < -0.4 is 14.4 Å². The quantitative estimate of drug-likeness (QED) is 0.822. The monoisotopic (exact) mass is 388 g/mol. The van der Waals surface area contributed by atoms with Crippen molar-refractivity contribution >= 4 is 27.3 Å². The van der Waals surface area contributed by atoms with E-state index in [1.54, 1.807) is 37.3 Å². The first-order chi connectivity index (χ1) is 12.9. The molecule has 1 amide bonds. The SMILES string of the molecule is CCOc1ccccc1NC(=O)c1ccc2c(c1)C[C@H](C)N2S(=O)(=O)CC. The molecule has 0 spiro atoms. The van der Waals surface area contributed by atoms with Crippen molar-refractivity contribution in [3.8, 4) is 5.75 Å². The molecule has 0 radical (unpaired) electrons. The predicted octanol–water partition coefficient (Wildman–Crippen LogP) is 3.44. The standard InChI is InChI=1S/C20H24N2O4S/c1-4-26-19-9-7-6-8-17(19)21-20(23)15-10-11-18-16(13-15)12-14(3)22(18)27(24,25)5-2/h6-11,13-14H,4-5,12H2,1-3H3,(H,21,23)/t14-/m0/s1. The number of hydrogen-bond donors (Lipinski definition) is 1. The third kappa shape index (κ3) is 3.78. The summed E-state index contributed by atoms with van der Waals surface area (Å²) in [7, 11) is -3.34. The number of para-hydroxylation sites is 2. The number of ether oxygens (including phenoxy) is 1. The van der Waals surface area contributed by atoms with Crippen LogP contribution in [0.4, 0.5) is 11.4 Å². The van der Waals surface area contributed by atoms with Crippen molar-refractivity contribution in [2.45, 2.75) is 33.2 Å². The Labute approximate surface area is 160 Å². The summed E-state index contributed by atoms with van der Waals surface area (Å²) in [6.45, 7) is 5.91. The molecule has 1 aliphatic heterocycles. The summed E-state index contributed by atoms with van der Waals surface area (Å²) in [4.78, 5) is 12.7. The molecule has 0 bridgehead atoms. The maximum absolute atomic E-state index is 12.7. The van der Waals surface area contributed by atoms with Crippen molar-refractivity contribution in [3.05, 3.63) is 53.6 Å². The molecule has 144 valence electrons. The van der Waals surface area contributed by atoms with Crippen LogP contribution in [0.5, 0.6) is 5.75 Å². The molecule has 1 heterocycles. The van der Waals surface area contributed by atoms with Crippen molar-refractivity contribution in [2.75, 3.05) is 22.0 Å². The molecule has 0 aromatic heterocycles. The molecule has 27 heavy (non-hydrogen) atoms. The summed E-state index contributed by atoms with van der Waals surface area (Å²) >= 11 is 0. The van der Waals surface area contributed by atoms with Gasteiger partial charge in [0, 0.05) is 11.6 Å². The minimum Gasteiger partial charge on any atom is -0.492 e. The number of benzene rings is 2. The number of nitrogens with zero attached hydrogens (tertiary/aromatic N) is 1. The Kier molecular flexibility index (Phi) is 5.41. The van der Waals surface area contributed by atoms with Crippen LogP contribution in [-0.2, 0) is 16.4 Å². The fourth-order valence-electron chi connectivity index (χ4n) is 3.35. The van der Waals surface area contributed by atoms with Gasteiger partial charge < -0.3 is 10.1 Å². The van der Waals surface area contributed by atoms with E-state index in [-0.39, 0.29) is 17.7 Å². The lowest BCUT2D eigenvalue weighted by Gasteiger charge is -2.23. The lowest BCUT2D eigenvalue weighted by molar-refractivity contribution is 0.102. The van der Waals surface area contributed by atoms with E-state index in [0.29, 0.717) is 35.7 Å². The molecule has 0 unspecified atom stereocenters. The second-order valence-electron chi connectivity index (χ2n) is 6.48. The van der Waals surface area contributed by atoms with Crippen LogP contribution in [0.15, 0.2) is 42.5 Å². The maximum atomic E-state index is 12.7. The predicted molar refractivity (Wildman–Crippen MR) is 107 cm³/mol. The number of fused-ring (bicyclic) bond motifs is 1. The van der Waals surface area contributed by atoms with E-state index in [0.717, 1.165) is 5.56 Å². The van der Waals surface area contributed by atoms with Gasteiger partial charge in [0.25, 0.3) is 5.91 Å². The van der Waals surface area contributed by atoms with Crippen molar-refractivity contribution in [2.24, 2.45) is 0 Å². The molecule has 6 nitrogen and oxygen atoms in total. The average Bonchev–Trinajstić information content (AvgIpc) is 2.99. The van der Waals surface area contributed by atoms with E-state index in [9.17, 15) is 13.2 Å². The highest BCUT2D eigenvalue weighted by atomic mass is 32.2. The minimum atomic E-state index is -3.34. The molecular formula is C20H24N2O4S. The van der Waals surface area contributed by atoms with Crippen LogP contribution in [-0.4, -0.2) is 32.7 Å². The Balaban J connectivity index is 1.86. The first kappa shape index (κ1) is 19.2. The largest absolute Gasteiger partial charge is 0.492 e. The van der Waals surface area contributed by atoms with Gasteiger partial charge in [-0.05, 0) is 63.1 Å². The van der Waals surface area contributed by atoms with Crippen molar-refractivity contribution in [3.63, 3.8) is 0 Å². The summed E-state index contributed by atoms with van der Waals surface area (Å²) in [5.41, 5.74) is 2.62. The van der Waals surface area contributed by atoms with Crippen LogP contribution in [0, 0.1) is 0 Å². The Hall–Kier alpha value is -2.54. The Morgan fingerprint density at radius 2 is 1.96 bits per heavy atom. The fourth-order valence-corrected chi connectivity index (χ4v) is 4.73. The highest BCUT2D eigenvalue weighted by molar-refractivity contribution is 7.92. The number of hydrogen-bond acceptors (Lipinski definition) is 4. The summed E-state index contributed by atoms with van der Waals surface area (Å²) in [5.74, 6) is 0.408. The number of nitrogens with one attached hydrogen (secondary N) is 1. The van der Waals surface area contributed by atoms with Gasteiger partial charge >= 0.3 is 0 Å². The zero-order valence-corrected chi connectivity index (χ0v) is 16.5. The van der Waals surface area contributed by atoms with Gasteiger partial charge in [-0.25, -0.2) is 8.42 Å². The molecule has 3 rings (SSSR count). The van der Waals surface area contributed by atoms with Gasteiger partial charge in [0.15, 0.2) is 0 Å². The van der Waals surface area contributed by atoms with Crippen LogP contribution in [0.3, 0.4) is 0 Å². The number of amides is 1. The molecule has 2 aromatic carbocycles. The highest BCUT2D eigenvalue weighted by Crippen LogP contribution is 2.35. The number of anilines is 2. The number of sulfonamides is 1. The van der Waals surface area contributed by atoms with Gasteiger partial charge in [-0.1, -0.05) is 12.1 Å². The van der Waals surface area contributed by atoms with E-state index in [4.69, 9.17) is 4.74 Å². The summed E-state index contributed by atoms with van der Waals surface area (Å²) < 4.78 is 31.7. The van der Waals surface area contributed by atoms with E-state index < -0.39 is 10.0 Å². The Morgan fingerprint density at radius 3 is 2.67 bits per heavy atom. The van der Waals surface area contributed by atoms with E-state index >= 15 is 0 Å². The first-order valence-electron chi connectivity index (χ1n) is 9.05. The second-order valence-corrected chi connectivity index (χ2v) is 8.61. The summed E-state index contributed by atoms with van der Waals surface area (Å²) in [5, 5.41) is 2.87. The molecule has 1 N–H and O–H groups in total. The molecule has 1 aliphatic rings. The van der Waals surface area contributed by atoms with Crippen molar-refractivity contribution in [1.82, 2.24) is 0 Å². The van der Waals surface area contributed by atoms with Crippen LogP contribution in [0.2, 0.25) is 0 Å². The smallest absolute Gasteiger partial charge is 0.255 e. The third-order valence-corrected chi connectivity index (χ3v) is 6.48. The number of carbonyl (C=O) groups is 1. The van der Waals surface area contributed by atoms with Crippen molar-refractivity contribution in [1.29, 1.82) is 0 Å². The zero-order chi connectivity index (χ0) is 19.6. The van der Waals surface area contributed by atoms with Gasteiger partial charge in [0.05, 0.1) is 23.7 Å². The molecule has 2 aromatic rings. The second kappa shape index (κ2) is 7.60. The van der Waals surface area contributed by atoms with E-state index in [1.807, 2.05) is 26.0 Å². The first-order valence-corrected chi connectivity index (χ1v) is 10.7. The minimum absolute atomic E-state index is 0.0488. The van der Waals surface area contributed by atoms with Gasteiger partial charge in [0.1, 0.15) is 5.75 Å². The lowest BCUT2D eigenvalue weighted by Crippen LogP contribution is -2.36. The van der Waals surface area contributed by atoms with E-state index in [1.165, 1.54) is 4.31 Å². The Bertz CT molecular complexity index is 956. The fraction of sp³-hybridized carbons (Fsp3) is 0.350. The van der Waals surface area contributed by atoms with Crippen LogP contribution >= 0.6 is 0 Å². The van der Waals surface area contributed by atoms with Crippen LogP contribution in [0.1, 0.15) is 36.7 Å².